The Morgan fingerprint density at radius 2 is 2.52 bits per heavy atom. The number of nitrogens with two attached hydrogens (primary N) is 1. The molecule has 0 radical (unpaired) electrons. The fourth-order valence-corrected chi connectivity index (χ4v) is 2.25. The first-order chi connectivity index (χ1) is 10.1. The zero-order chi connectivity index (χ0) is 15.4. The van der Waals surface area contributed by atoms with Gasteiger partial charge in [0.2, 0.25) is 0 Å². The Hall–Kier alpha value is -2.35. The van der Waals surface area contributed by atoms with E-state index in [0.29, 0.717) is 5.56 Å². The number of nitrogen functional groups attached to an aromatic ring is 1. The van der Waals surface area contributed by atoms with Gasteiger partial charge in [0, 0.05) is 23.1 Å². The molecule has 2 rings (SSSR count). The molecule has 1 aliphatic heterocycles. The molecule has 9 heteroatoms. The lowest BCUT2D eigenvalue weighted by molar-refractivity contribution is -0.0270. The summed E-state index contributed by atoms with van der Waals surface area (Å²) in [4.78, 5) is 18.4. The van der Waals surface area contributed by atoms with Gasteiger partial charge in [-0.15, -0.1) is 0 Å². The molecule has 0 aromatic carbocycles. The van der Waals surface area contributed by atoms with Crippen LogP contribution in [0.2, 0.25) is 0 Å². The third-order valence-electron chi connectivity index (χ3n) is 3.25. The lowest BCUT2D eigenvalue weighted by Crippen LogP contribution is -2.28. The van der Waals surface area contributed by atoms with Gasteiger partial charge >= 0.3 is 5.69 Å². The Kier molecular flexibility index (Phi) is 4.59. The quantitative estimate of drug-likeness (QED) is 0.480. The Labute approximate surface area is 120 Å². The van der Waals surface area contributed by atoms with Gasteiger partial charge in [-0.25, -0.2) is 4.79 Å². The van der Waals surface area contributed by atoms with Crippen molar-refractivity contribution in [1.29, 1.82) is 0 Å². The molecular weight excluding hydrogens is 276 g/mol. The molecule has 3 N–H and O–H groups in total. The maximum absolute atomic E-state index is 11.9. The fourth-order valence-electron chi connectivity index (χ4n) is 2.25. The minimum Gasteiger partial charge on any atom is -0.394 e. The summed E-state index contributed by atoms with van der Waals surface area (Å²) in [6, 6.07) is -0.528. The van der Waals surface area contributed by atoms with Gasteiger partial charge in [0.1, 0.15) is 12.0 Å². The number of azide groups is 1. The number of hydrogen-bond acceptors (Lipinski definition) is 6. The molecule has 1 aliphatic rings. The molecule has 0 aliphatic carbocycles. The van der Waals surface area contributed by atoms with Crippen LogP contribution in [0.4, 0.5) is 5.82 Å². The first-order valence-corrected chi connectivity index (χ1v) is 6.42. The number of nitrogens with zero attached hydrogens (tertiary/aromatic N) is 5. The number of ether oxygens (including phenoxy) is 1. The molecule has 0 bridgehead atoms. The second-order valence-electron chi connectivity index (χ2n) is 4.59. The van der Waals surface area contributed by atoms with E-state index in [1.165, 1.54) is 4.57 Å². The number of anilines is 1. The predicted molar refractivity (Wildman–Crippen MR) is 76.2 cm³/mol. The lowest BCUT2D eigenvalue weighted by atomic mass is 10.1. The van der Waals surface area contributed by atoms with Crippen LogP contribution < -0.4 is 11.4 Å². The molecule has 3 atom stereocenters. The largest absolute Gasteiger partial charge is 0.394 e. The average molecular weight is 292 g/mol. The van der Waals surface area contributed by atoms with Crippen molar-refractivity contribution in [3.63, 3.8) is 0 Å². The summed E-state index contributed by atoms with van der Waals surface area (Å²) in [6.45, 7) is 1.53. The zero-order valence-electron chi connectivity index (χ0n) is 11.5. The topological polar surface area (TPSA) is 139 Å². The van der Waals surface area contributed by atoms with E-state index in [1.807, 2.05) is 6.92 Å². The predicted octanol–water partition coefficient (Wildman–Crippen LogP) is 0.817. The summed E-state index contributed by atoms with van der Waals surface area (Å²) in [6.07, 6.45) is 4.04. The number of hydrogen-bond donors (Lipinski definition) is 2. The van der Waals surface area contributed by atoms with E-state index in [4.69, 9.17) is 16.0 Å². The van der Waals surface area contributed by atoms with Crippen molar-refractivity contribution in [3.05, 3.63) is 38.8 Å². The summed E-state index contributed by atoms with van der Waals surface area (Å²) in [5.41, 5.74) is 14.2. The Morgan fingerprint density at radius 3 is 3.14 bits per heavy atom. The molecule has 1 aromatic heterocycles. The molecule has 112 valence electrons. The highest BCUT2D eigenvalue weighted by molar-refractivity contribution is 5.59. The van der Waals surface area contributed by atoms with E-state index in [1.54, 1.807) is 18.3 Å². The van der Waals surface area contributed by atoms with Crippen molar-refractivity contribution >= 4 is 11.9 Å². The average Bonchev–Trinajstić information content (AvgIpc) is 2.85. The number of rotatable bonds is 4. The van der Waals surface area contributed by atoms with Gasteiger partial charge < -0.3 is 15.6 Å². The highest BCUT2D eigenvalue weighted by Crippen LogP contribution is 2.30. The molecule has 0 amide bonds. The van der Waals surface area contributed by atoms with Gasteiger partial charge in [-0.05, 0) is 12.5 Å². The summed E-state index contributed by atoms with van der Waals surface area (Å²) in [5, 5.41) is 12.8. The first-order valence-electron chi connectivity index (χ1n) is 6.42. The number of aliphatic hydroxyl groups excluding tert-OH is 1. The van der Waals surface area contributed by atoms with Gasteiger partial charge in [-0.2, -0.15) is 4.98 Å². The molecule has 0 spiro atoms. The van der Waals surface area contributed by atoms with Crippen LogP contribution in [0, 0.1) is 0 Å². The van der Waals surface area contributed by atoms with E-state index in [-0.39, 0.29) is 18.8 Å². The maximum atomic E-state index is 11.9. The maximum Gasteiger partial charge on any atom is 0.351 e. The van der Waals surface area contributed by atoms with Crippen molar-refractivity contribution < 1.29 is 9.84 Å². The van der Waals surface area contributed by atoms with E-state index in [9.17, 15) is 9.90 Å². The molecule has 2 heterocycles. The molecule has 0 saturated carbocycles. The van der Waals surface area contributed by atoms with Gasteiger partial charge in [-0.3, -0.25) is 4.57 Å². The molecule has 0 unspecified atom stereocenters. The summed E-state index contributed by atoms with van der Waals surface area (Å²) >= 11 is 0. The third kappa shape index (κ3) is 3.05. The summed E-state index contributed by atoms with van der Waals surface area (Å²) in [5.74, 6) is 0.137. The van der Waals surface area contributed by atoms with Crippen molar-refractivity contribution in [3.8, 4) is 0 Å². The van der Waals surface area contributed by atoms with Crippen molar-refractivity contribution in [2.45, 2.75) is 31.7 Å². The summed E-state index contributed by atoms with van der Waals surface area (Å²) in [7, 11) is 0. The van der Waals surface area contributed by atoms with Crippen LogP contribution in [0.25, 0.3) is 16.5 Å². The van der Waals surface area contributed by atoms with Gasteiger partial charge in [0.05, 0.1) is 18.8 Å². The van der Waals surface area contributed by atoms with Crippen LogP contribution in [-0.4, -0.2) is 33.4 Å². The summed E-state index contributed by atoms with van der Waals surface area (Å²) < 4.78 is 6.85. The van der Waals surface area contributed by atoms with E-state index in [2.05, 4.69) is 15.0 Å². The van der Waals surface area contributed by atoms with Crippen LogP contribution in [0.3, 0.4) is 0 Å². The minimum absolute atomic E-state index is 0.137. The van der Waals surface area contributed by atoms with Crippen LogP contribution in [0.1, 0.15) is 25.1 Å². The SMILES string of the molecule is C/C=C/c1cn([C@H]2C[C@H](N=[N+]=[N-])[C@@H](CO)O2)c(=O)nc1N. The standard InChI is InChI=1S/C12H16N6O3/c1-2-3-7-5-18(12(20)15-11(7)13)10-4-8(16-17-14)9(6-19)21-10/h2-3,5,8-10,19H,4,6H2,1H3,(H2,13,15,20)/b3-2+/t8-,9+,10+/m0/s1. The van der Waals surface area contributed by atoms with Crippen LogP contribution in [0.15, 0.2) is 22.2 Å². The van der Waals surface area contributed by atoms with E-state index < -0.39 is 24.1 Å². The zero-order valence-corrected chi connectivity index (χ0v) is 11.5. The monoisotopic (exact) mass is 292 g/mol. The highest BCUT2D eigenvalue weighted by atomic mass is 16.5. The van der Waals surface area contributed by atoms with Crippen molar-refractivity contribution in [1.82, 2.24) is 9.55 Å². The van der Waals surface area contributed by atoms with Gasteiger partial charge in [0.25, 0.3) is 0 Å². The Balaban J connectivity index is 2.36. The molecule has 21 heavy (non-hydrogen) atoms. The van der Waals surface area contributed by atoms with Crippen LogP contribution in [0.5, 0.6) is 0 Å². The third-order valence-corrected chi connectivity index (χ3v) is 3.25. The van der Waals surface area contributed by atoms with Crippen LogP contribution >= 0.6 is 0 Å². The first kappa shape index (κ1) is 15.0. The Bertz CT molecular complexity index is 649. The second-order valence-corrected chi connectivity index (χ2v) is 4.59. The van der Waals surface area contributed by atoms with E-state index >= 15 is 0 Å². The number of aromatic nitrogens is 2. The number of allylic oxidation sites excluding steroid dienone is 1. The molecule has 9 nitrogen and oxygen atoms in total. The van der Waals surface area contributed by atoms with Gasteiger partial charge in [-0.1, -0.05) is 17.3 Å². The lowest BCUT2D eigenvalue weighted by Gasteiger charge is -2.15. The van der Waals surface area contributed by atoms with Crippen molar-refractivity contribution in [2.24, 2.45) is 5.11 Å². The minimum atomic E-state index is -0.651. The second kappa shape index (κ2) is 6.40. The highest BCUT2D eigenvalue weighted by Gasteiger charge is 2.35. The molecular formula is C12H16N6O3. The van der Waals surface area contributed by atoms with Gasteiger partial charge in [0.15, 0.2) is 0 Å². The molecule has 1 aromatic rings. The fraction of sp³-hybridized carbons (Fsp3) is 0.500. The van der Waals surface area contributed by atoms with Crippen molar-refractivity contribution in [2.75, 3.05) is 12.3 Å². The molecule has 1 fully saturated rings. The normalized spacial score (nSPS) is 25.1. The van der Waals surface area contributed by atoms with Crippen LogP contribution in [-0.2, 0) is 4.74 Å². The smallest absolute Gasteiger partial charge is 0.351 e. The van der Waals surface area contributed by atoms with E-state index in [0.717, 1.165) is 0 Å². The Morgan fingerprint density at radius 1 is 1.76 bits per heavy atom. The molecule has 1 saturated heterocycles. The number of aliphatic hydroxyl groups is 1.